The zero-order valence-corrected chi connectivity index (χ0v) is 13.5. The summed E-state index contributed by atoms with van der Waals surface area (Å²) in [5.41, 5.74) is 0. The summed E-state index contributed by atoms with van der Waals surface area (Å²) in [5.74, 6) is 0.541. The van der Waals surface area contributed by atoms with Gasteiger partial charge in [-0.25, -0.2) is 0 Å². The quantitative estimate of drug-likeness (QED) is 0.758. The second-order valence-electron chi connectivity index (χ2n) is 4.99. The Kier molecular flexibility index (Phi) is 6.59. The van der Waals surface area contributed by atoms with Gasteiger partial charge in [-0.05, 0) is 19.3 Å². The summed E-state index contributed by atoms with van der Waals surface area (Å²) in [6.07, 6.45) is 7.09. The van der Waals surface area contributed by atoms with Gasteiger partial charge in [-0.2, -0.15) is 0 Å². The summed E-state index contributed by atoms with van der Waals surface area (Å²) in [4.78, 5) is 11.9. The summed E-state index contributed by atoms with van der Waals surface area (Å²) in [5, 5.41) is 15.3. The number of carbonyl (C=O) groups is 1. The number of rotatable bonds is 7. The molecule has 112 valence electrons. The molecule has 0 unspecified atom stereocenters. The van der Waals surface area contributed by atoms with Gasteiger partial charge >= 0.3 is 0 Å². The molecule has 0 aromatic carbocycles. The van der Waals surface area contributed by atoms with Crippen molar-refractivity contribution in [1.82, 2.24) is 15.5 Å². The van der Waals surface area contributed by atoms with Gasteiger partial charge in [-0.15, -0.1) is 10.2 Å². The van der Waals surface area contributed by atoms with Gasteiger partial charge in [0.2, 0.25) is 11.0 Å². The molecule has 1 aliphatic carbocycles. The molecule has 0 radical (unpaired) electrons. The van der Waals surface area contributed by atoms with Crippen molar-refractivity contribution in [2.75, 3.05) is 17.6 Å². The standard InChI is InChI=1S/C13H22N4OS2/c1-2-8-14-12-16-17-13(20-12)19-9-11(18)15-10-6-4-3-5-7-10/h10H,2-9H2,1H3,(H,14,16)(H,15,18). The molecule has 0 saturated heterocycles. The van der Waals surface area contributed by atoms with Crippen LogP contribution in [0.4, 0.5) is 5.13 Å². The smallest absolute Gasteiger partial charge is 0.230 e. The van der Waals surface area contributed by atoms with Crippen LogP contribution < -0.4 is 10.6 Å². The second-order valence-corrected chi connectivity index (χ2v) is 7.19. The third kappa shape index (κ3) is 5.28. The first-order chi connectivity index (χ1) is 9.78. The Labute approximate surface area is 128 Å². The van der Waals surface area contributed by atoms with Crippen LogP contribution in [0.15, 0.2) is 4.34 Å². The Morgan fingerprint density at radius 1 is 1.35 bits per heavy atom. The average Bonchev–Trinajstić information content (AvgIpc) is 2.92. The van der Waals surface area contributed by atoms with Crippen LogP contribution in [-0.2, 0) is 4.79 Å². The van der Waals surface area contributed by atoms with Crippen LogP contribution in [0.2, 0.25) is 0 Å². The fourth-order valence-corrected chi connectivity index (χ4v) is 3.80. The molecule has 1 aromatic heterocycles. The minimum atomic E-state index is 0.111. The van der Waals surface area contributed by atoms with Gasteiger partial charge in [0.05, 0.1) is 5.75 Å². The zero-order chi connectivity index (χ0) is 14.2. The predicted octanol–water partition coefficient (Wildman–Crippen LogP) is 2.90. The monoisotopic (exact) mass is 314 g/mol. The lowest BCUT2D eigenvalue weighted by molar-refractivity contribution is -0.119. The molecule has 7 heteroatoms. The molecule has 20 heavy (non-hydrogen) atoms. The molecule has 2 rings (SSSR count). The lowest BCUT2D eigenvalue weighted by Gasteiger charge is -2.22. The van der Waals surface area contributed by atoms with E-state index in [4.69, 9.17) is 0 Å². The zero-order valence-electron chi connectivity index (χ0n) is 11.9. The Balaban J connectivity index is 1.68. The first-order valence-corrected chi connectivity index (χ1v) is 9.07. The van der Waals surface area contributed by atoms with Gasteiger partial charge in [-0.1, -0.05) is 49.3 Å². The van der Waals surface area contributed by atoms with E-state index in [0.717, 1.165) is 35.3 Å². The molecule has 1 aromatic rings. The first-order valence-electron chi connectivity index (χ1n) is 7.27. The number of aromatic nitrogens is 2. The van der Waals surface area contributed by atoms with Crippen molar-refractivity contribution < 1.29 is 4.79 Å². The van der Waals surface area contributed by atoms with Crippen molar-refractivity contribution >= 4 is 34.1 Å². The fourth-order valence-electron chi connectivity index (χ4n) is 2.22. The molecular formula is C13H22N4OS2. The minimum absolute atomic E-state index is 0.111. The largest absolute Gasteiger partial charge is 0.360 e. The van der Waals surface area contributed by atoms with E-state index in [-0.39, 0.29) is 5.91 Å². The SMILES string of the molecule is CCCNc1nnc(SCC(=O)NC2CCCCC2)s1. The molecule has 0 spiro atoms. The molecular weight excluding hydrogens is 292 g/mol. The normalized spacial score (nSPS) is 16.1. The number of hydrogen-bond acceptors (Lipinski definition) is 6. The summed E-state index contributed by atoms with van der Waals surface area (Å²) >= 11 is 2.97. The highest BCUT2D eigenvalue weighted by atomic mass is 32.2. The molecule has 1 fully saturated rings. The van der Waals surface area contributed by atoms with Crippen LogP contribution >= 0.6 is 23.1 Å². The fraction of sp³-hybridized carbons (Fsp3) is 0.769. The summed E-state index contributed by atoms with van der Waals surface area (Å²) in [7, 11) is 0. The van der Waals surface area contributed by atoms with Gasteiger partial charge in [0.15, 0.2) is 4.34 Å². The van der Waals surface area contributed by atoms with E-state index in [1.165, 1.54) is 42.4 Å². The maximum atomic E-state index is 11.9. The molecule has 2 N–H and O–H groups in total. The van der Waals surface area contributed by atoms with Crippen LogP contribution in [0, 0.1) is 0 Å². The third-order valence-electron chi connectivity index (χ3n) is 3.23. The number of nitrogens with one attached hydrogen (secondary N) is 2. The van der Waals surface area contributed by atoms with Gasteiger partial charge in [0.1, 0.15) is 0 Å². The maximum absolute atomic E-state index is 11.9. The van der Waals surface area contributed by atoms with E-state index in [1.807, 2.05) is 0 Å². The molecule has 1 aliphatic rings. The summed E-state index contributed by atoms with van der Waals surface area (Å²) < 4.78 is 0.849. The van der Waals surface area contributed by atoms with Crippen molar-refractivity contribution in [2.45, 2.75) is 55.8 Å². The van der Waals surface area contributed by atoms with Gasteiger partial charge < -0.3 is 10.6 Å². The van der Waals surface area contributed by atoms with Crippen LogP contribution in [0.25, 0.3) is 0 Å². The maximum Gasteiger partial charge on any atom is 0.230 e. The lowest BCUT2D eigenvalue weighted by atomic mass is 9.95. The van der Waals surface area contributed by atoms with Crippen molar-refractivity contribution in [3.63, 3.8) is 0 Å². The van der Waals surface area contributed by atoms with E-state index in [0.29, 0.717) is 11.8 Å². The van der Waals surface area contributed by atoms with Crippen LogP contribution in [0.5, 0.6) is 0 Å². The highest BCUT2D eigenvalue weighted by molar-refractivity contribution is 8.01. The van der Waals surface area contributed by atoms with Crippen molar-refractivity contribution in [2.24, 2.45) is 0 Å². The predicted molar refractivity (Wildman–Crippen MR) is 84.4 cm³/mol. The van der Waals surface area contributed by atoms with E-state index >= 15 is 0 Å². The van der Waals surface area contributed by atoms with Gasteiger partial charge in [0, 0.05) is 12.6 Å². The van der Waals surface area contributed by atoms with E-state index in [2.05, 4.69) is 27.8 Å². The minimum Gasteiger partial charge on any atom is -0.360 e. The van der Waals surface area contributed by atoms with Crippen LogP contribution in [0.3, 0.4) is 0 Å². The summed E-state index contributed by atoms with van der Waals surface area (Å²) in [6, 6.07) is 0.382. The Bertz CT molecular complexity index is 418. The first kappa shape index (κ1) is 15.6. The van der Waals surface area contributed by atoms with E-state index in [9.17, 15) is 4.79 Å². The average molecular weight is 314 g/mol. The number of nitrogens with zero attached hydrogens (tertiary/aromatic N) is 2. The van der Waals surface area contributed by atoms with E-state index < -0.39 is 0 Å². The van der Waals surface area contributed by atoms with Crippen molar-refractivity contribution in [3.8, 4) is 0 Å². The number of hydrogen-bond donors (Lipinski definition) is 2. The summed E-state index contributed by atoms with van der Waals surface area (Å²) in [6.45, 7) is 3.01. The molecule has 1 amide bonds. The lowest BCUT2D eigenvalue weighted by Crippen LogP contribution is -2.37. The van der Waals surface area contributed by atoms with Gasteiger partial charge in [-0.3, -0.25) is 4.79 Å². The van der Waals surface area contributed by atoms with Gasteiger partial charge in [0.25, 0.3) is 0 Å². The van der Waals surface area contributed by atoms with Crippen molar-refractivity contribution in [3.05, 3.63) is 0 Å². The van der Waals surface area contributed by atoms with Crippen LogP contribution in [-0.4, -0.2) is 34.4 Å². The Morgan fingerprint density at radius 2 is 2.15 bits per heavy atom. The van der Waals surface area contributed by atoms with E-state index in [1.54, 1.807) is 0 Å². The van der Waals surface area contributed by atoms with Crippen LogP contribution in [0.1, 0.15) is 45.4 Å². The molecule has 0 bridgehead atoms. The molecule has 0 atom stereocenters. The number of amides is 1. The number of carbonyl (C=O) groups excluding carboxylic acids is 1. The Morgan fingerprint density at radius 3 is 2.90 bits per heavy atom. The highest BCUT2D eigenvalue weighted by Crippen LogP contribution is 2.25. The number of thioether (sulfide) groups is 1. The molecule has 0 aliphatic heterocycles. The second kappa shape index (κ2) is 8.46. The topological polar surface area (TPSA) is 66.9 Å². The molecule has 1 heterocycles. The molecule has 1 saturated carbocycles. The number of anilines is 1. The Hall–Kier alpha value is -0.820. The third-order valence-corrected chi connectivity index (χ3v) is 5.24. The molecule has 5 nitrogen and oxygen atoms in total. The highest BCUT2D eigenvalue weighted by Gasteiger charge is 2.16. The van der Waals surface area contributed by atoms with Crippen molar-refractivity contribution in [1.29, 1.82) is 0 Å².